The van der Waals surface area contributed by atoms with E-state index in [2.05, 4.69) is 0 Å². The monoisotopic (exact) mass is 521 g/mol. The predicted molar refractivity (Wildman–Crippen MR) is 142 cm³/mol. The van der Waals surface area contributed by atoms with Gasteiger partial charge in [0.1, 0.15) is 11.3 Å². The molecule has 6 nitrogen and oxygen atoms in total. The lowest BCUT2D eigenvalue weighted by Crippen LogP contribution is -2.56. The number of benzene rings is 2. The summed E-state index contributed by atoms with van der Waals surface area (Å²) in [7, 11) is 0. The molecular formula is C30H32ClNO5. The Morgan fingerprint density at radius 1 is 1.14 bits per heavy atom. The Morgan fingerprint density at radius 2 is 1.92 bits per heavy atom. The van der Waals surface area contributed by atoms with Crippen molar-refractivity contribution in [1.82, 2.24) is 4.90 Å². The number of likely N-dealkylation sites (tertiary alicyclic amines) is 1. The van der Waals surface area contributed by atoms with E-state index in [0.717, 1.165) is 66.2 Å². The number of aliphatic hydroxyl groups is 1. The molecule has 2 aromatic carbocycles. The summed E-state index contributed by atoms with van der Waals surface area (Å²) in [5.41, 5.74) is 3.08. The molecule has 0 radical (unpaired) electrons. The third-order valence-electron chi connectivity index (χ3n) is 8.63. The fraction of sp³-hybridized carbons (Fsp3) is 0.467. The Morgan fingerprint density at radius 3 is 2.73 bits per heavy atom. The van der Waals surface area contributed by atoms with E-state index in [1.807, 2.05) is 48.2 Å². The van der Waals surface area contributed by atoms with Crippen molar-refractivity contribution in [3.63, 3.8) is 0 Å². The van der Waals surface area contributed by atoms with Crippen molar-refractivity contribution >= 4 is 28.5 Å². The highest BCUT2D eigenvalue weighted by Crippen LogP contribution is 2.49. The standard InChI is InChI=1S/C30H32ClNO5/c1-18-15-24(27-21-5-4-6-22(21)29(34)37-25(27)16-18)36-17-26(33)32-14-13-30(35)12-3-2-7-23(30)28(32)19-8-10-20(31)11-9-19/h8-11,15-16,23,28,35H,2-7,12-14,17H2,1H3/t23-,28+,30+/m1/s1. The minimum absolute atomic E-state index is 0.0301. The van der Waals surface area contributed by atoms with E-state index in [9.17, 15) is 14.7 Å². The summed E-state index contributed by atoms with van der Waals surface area (Å²) < 4.78 is 11.8. The molecule has 2 heterocycles. The van der Waals surface area contributed by atoms with Gasteiger partial charge in [-0.15, -0.1) is 0 Å². The summed E-state index contributed by atoms with van der Waals surface area (Å²) in [5, 5.41) is 13.0. The van der Waals surface area contributed by atoms with Crippen LogP contribution < -0.4 is 10.4 Å². The van der Waals surface area contributed by atoms with E-state index in [4.69, 9.17) is 20.8 Å². The molecule has 0 bridgehead atoms. The molecule has 1 aromatic heterocycles. The number of fused-ring (bicyclic) bond motifs is 4. The van der Waals surface area contributed by atoms with Gasteiger partial charge >= 0.3 is 5.63 Å². The average molecular weight is 522 g/mol. The van der Waals surface area contributed by atoms with Crippen LogP contribution in [0.25, 0.3) is 11.0 Å². The molecule has 1 saturated carbocycles. The first-order valence-electron chi connectivity index (χ1n) is 13.3. The number of amides is 1. The maximum absolute atomic E-state index is 13.7. The number of carbonyl (C=O) groups is 1. The van der Waals surface area contributed by atoms with Gasteiger partial charge in [0, 0.05) is 23.0 Å². The fourth-order valence-corrected chi connectivity index (χ4v) is 7.00. The van der Waals surface area contributed by atoms with Crippen LogP contribution in [0.15, 0.2) is 45.6 Å². The number of aryl methyl sites for hydroxylation is 2. The zero-order valence-corrected chi connectivity index (χ0v) is 21.9. The fourth-order valence-electron chi connectivity index (χ4n) is 6.88. The molecule has 6 rings (SSSR count). The predicted octanol–water partition coefficient (Wildman–Crippen LogP) is 5.52. The van der Waals surface area contributed by atoms with E-state index in [1.54, 1.807) is 0 Å². The molecule has 1 N–H and O–H groups in total. The van der Waals surface area contributed by atoms with Gasteiger partial charge in [-0.1, -0.05) is 36.6 Å². The summed E-state index contributed by atoms with van der Waals surface area (Å²) in [6.45, 7) is 2.27. The largest absolute Gasteiger partial charge is 0.483 e. The molecule has 0 unspecified atom stereocenters. The van der Waals surface area contributed by atoms with E-state index >= 15 is 0 Å². The zero-order chi connectivity index (χ0) is 25.7. The lowest BCUT2D eigenvalue weighted by Gasteiger charge is -2.52. The van der Waals surface area contributed by atoms with Crippen molar-refractivity contribution in [1.29, 1.82) is 0 Å². The van der Waals surface area contributed by atoms with E-state index in [-0.39, 0.29) is 30.1 Å². The Balaban J connectivity index is 1.31. The molecule has 7 heteroatoms. The van der Waals surface area contributed by atoms with Gasteiger partial charge in [-0.3, -0.25) is 4.79 Å². The van der Waals surface area contributed by atoms with Crippen LogP contribution in [0.2, 0.25) is 5.02 Å². The maximum Gasteiger partial charge on any atom is 0.339 e. The minimum Gasteiger partial charge on any atom is -0.483 e. The summed E-state index contributed by atoms with van der Waals surface area (Å²) in [6, 6.07) is 11.2. The topological polar surface area (TPSA) is 80.0 Å². The second-order valence-electron chi connectivity index (χ2n) is 10.9. The molecule has 37 heavy (non-hydrogen) atoms. The highest BCUT2D eigenvalue weighted by molar-refractivity contribution is 6.30. The first-order valence-corrected chi connectivity index (χ1v) is 13.7. The minimum atomic E-state index is -0.759. The van der Waals surface area contributed by atoms with Crippen molar-refractivity contribution in [2.45, 2.75) is 69.9 Å². The Hall–Kier alpha value is -2.83. The number of piperidine rings is 1. The van der Waals surface area contributed by atoms with Crippen LogP contribution >= 0.6 is 11.6 Å². The third kappa shape index (κ3) is 4.34. The second-order valence-corrected chi connectivity index (χ2v) is 11.4. The normalized spacial score (nSPS) is 25.1. The first kappa shape index (κ1) is 24.5. The van der Waals surface area contributed by atoms with Crippen molar-refractivity contribution < 1.29 is 19.1 Å². The van der Waals surface area contributed by atoms with E-state index < -0.39 is 5.60 Å². The first-order chi connectivity index (χ1) is 17.8. The van der Waals surface area contributed by atoms with Crippen LogP contribution in [0.1, 0.15) is 66.8 Å². The number of ether oxygens (including phenoxy) is 1. The summed E-state index contributed by atoms with van der Waals surface area (Å²) in [4.78, 5) is 28.1. The van der Waals surface area contributed by atoms with Gasteiger partial charge in [-0.05, 0) is 86.4 Å². The molecule has 1 amide bonds. The van der Waals surface area contributed by atoms with Gasteiger partial charge in [0.25, 0.3) is 5.91 Å². The number of nitrogens with zero attached hydrogens (tertiary/aromatic N) is 1. The van der Waals surface area contributed by atoms with Gasteiger partial charge in [0.15, 0.2) is 6.61 Å². The van der Waals surface area contributed by atoms with Crippen LogP contribution in [0.5, 0.6) is 5.75 Å². The smallest absolute Gasteiger partial charge is 0.339 e. The van der Waals surface area contributed by atoms with E-state index in [0.29, 0.717) is 35.7 Å². The summed E-state index contributed by atoms with van der Waals surface area (Å²) >= 11 is 6.17. The lowest BCUT2D eigenvalue weighted by molar-refractivity contribution is -0.157. The Labute approximate surface area is 221 Å². The van der Waals surface area contributed by atoms with Crippen LogP contribution in [0, 0.1) is 12.8 Å². The second kappa shape index (κ2) is 9.48. The highest BCUT2D eigenvalue weighted by atomic mass is 35.5. The average Bonchev–Trinajstić information content (AvgIpc) is 3.37. The molecule has 3 atom stereocenters. The number of halogens is 1. The van der Waals surface area contributed by atoms with Crippen LogP contribution in [-0.4, -0.2) is 34.7 Å². The van der Waals surface area contributed by atoms with Crippen LogP contribution in [0.4, 0.5) is 0 Å². The van der Waals surface area contributed by atoms with Crippen molar-refractivity contribution in [2.75, 3.05) is 13.2 Å². The number of rotatable bonds is 4. The van der Waals surface area contributed by atoms with Gasteiger partial charge in [0.2, 0.25) is 0 Å². The highest BCUT2D eigenvalue weighted by Gasteiger charge is 2.50. The van der Waals surface area contributed by atoms with Gasteiger partial charge < -0.3 is 19.2 Å². The van der Waals surface area contributed by atoms with Gasteiger partial charge in [-0.2, -0.15) is 0 Å². The Kier molecular flexibility index (Phi) is 6.28. The molecule has 3 aromatic rings. The lowest BCUT2D eigenvalue weighted by atomic mass is 9.66. The van der Waals surface area contributed by atoms with Gasteiger partial charge in [-0.25, -0.2) is 4.79 Å². The van der Waals surface area contributed by atoms with Gasteiger partial charge in [0.05, 0.1) is 17.0 Å². The Bertz CT molecular complexity index is 1410. The molecular weight excluding hydrogens is 490 g/mol. The molecule has 2 fully saturated rings. The zero-order valence-electron chi connectivity index (χ0n) is 21.1. The molecule has 2 aliphatic carbocycles. The van der Waals surface area contributed by atoms with Crippen LogP contribution in [-0.2, 0) is 17.6 Å². The number of hydrogen-bond donors (Lipinski definition) is 1. The SMILES string of the molecule is Cc1cc(OCC(=O)N2CC[C@@]3(O)CCCC[C@@H]3[C@@H]2c2ccc(Cl)cc2)c2c3c(c(=O)oc2c1)CCC3. The van der Waals surface area contributed by atoms with Crippen molar-refractivity contribution in [3.8, 4) is 5.75 Å². The summed E-state index contributed by atoms with van der Waals surface area (Å²) in [5.74, 6) is 0.438. The molecule has 0 spiro atoms. The van der Waals surface area contributed by atoms with E-state index in [1.165, 1.54) is 0 Å². The molecule has 1 aliphatic heterocycles. The summed E-state index contributed by atoms with van der Waals surface area (Å²) in [6.07, 6.45) is 6.69. The molecule has 3 aliphatic rings. The van der Waals surface area contributed by atoms with Crippen molar-refractivity contribution in [2.24, 2.45) is 5.92 Å². The van der Waals surface area contributed by atoms with Crippen LogP contribution in [0.3, 0.4) is 0 Å². The quantitative estimate of drug-likeness (QED) is 0.457. The number of carbonyl (C=O) groups excluding carboxylic acids is 1. The number of hydrogen-bond acceptors (Lipinski definition) is 5. The molecule has 194 valence electrons. The van der Waals surface area contributed by atoms with Crippen molar-refractivity contribution in [3.05, 3.63) is 74.1 Å². The maximum atomic E-state index is 13.7. The third-order valence-corrected chi connectivity index (χ3v) is 8.88. The molecule has 1 saturated heterocycles.